The Balaban J connectivity index is 1.88. The molecule has 0 spiro atoms. The number of nitrogens with two attached hydrogens (primary N) is 1. The van der Waals surface area contributed by atoms with E-state index < -0.39 is 52.1 Å². The molecule has 2 aliphatic heterocycles. The van der Waals surface area contributed by atoms with Crippen molar-refractivity contribution in [3.8, 4) is 5.88 Å². The highest BCUT2D eigenvalue weighted by Gasteiger charge is 2.58. The normalized spacial score (nSPS) is 20.4. The molecule has 0 bridgehead atoms. The van der Waals surface area contributed by atoms with Crippen molar-refractivity contribution in [3.63, 3.8) is 0 Å². The maximum atomic E-state index is 13.2. The van der Waals surface area contributed by atoms with Gasteiger partial charge in [-0.25, -0.2) is 19.6 Å². The standard InChI is InChI=1S/C22H20N8O6/c1-27-16(31)11(17(32)28(2)20(27)35)13-14-15(25-10-8-6-5-7-9(10)24-14)22(23,26-13)12-18(33)29(3)21(36)30(4)19(12)34/h5-8,12,31H,23H2,1-4H3. The number of carbonyl (C=O) groups excluding carboxylic acids is 3. The molecule has 4 amide bonds. The number of hydrogen-bond donors (Lipinski definition) is 2. The molecule has 0 radical (unpaired) electrons. The Morgan fingerprint density at radius 3 is 2.03 bits per heavy atom. The Labute approximate surface area is 201 Å². The zero-order valence-corrected chi connectivity index (χ0v) is 19.6. The summed E-state index contributed by atoms with van der Waals surface area (Å²) in [6.07, 6.45) is 0. The predicted molar refractivity (Wildman–Crippen MR) is 124 cm³/mol. The van der Waals surface area contributed by atoms with Gasteiger partial charge in [0.05, 0.1) is 11.0 Å². The van der Waals surface area contributed by atoms with Gasteiger partial charge in [0.1, 0.15) is 22.7 Å². The van der Waals surface area contributed by atoms with Crippen molar-refractivity contribution < 1.29 is 19.5 Å². The second-order valence-corrected chi connectivity index (χ2v) is 8.61. The molecule has 4 heterocycles. The minimum Gasteiger partial charge on any atom is -0.494 e. The lowest BCUT2D eigenvalue weighted by atomic mass is 9.87. The van der Waals surface area contributed by atoms with E-state index in [0.29, 0.717) is 11.0 Å². The number of fused-ring (bicyclic) bond motifs is 2. The van der Waals surface area contributed by atoms with Crippen molar-refractivity contribution >= 4 is 34.6 Å². The second kappa shape index (κ2) is 7.39. The van der Waals surface area contributed by atoms with E-state index in [2.05, 4.69) is 15.0 Å². The van der Waals surface area contributed by atoms with E-state index in [1.54, 1.807) is 24.3 Å². The molecule has 184 valence electrons. The first-order valence-corrected chi connectivity index (χ1v) is 10.6. The van der Waals surface area contributed by atoms with E-state index in [9.17, 15) is 29.1 Å². The van der Waals surface area contributed by atoms with Crippen molar-refractivity contribution in [1.82, 2.24) is 28.9 Å². The number of carbonyl (C=O) groups is 3. The van der Waals surface area contributed by atoms with Gasteiger partial charge in [-0.05, 0) is 12.1 Å². The minimum atomic E-state index is -2.19. The van der Waals surface area contributed by atoms with Crippen molar-refractivity contribution in [2.24, 2.45) is 30.7 Å². The van der Waals surface area contributed by atoms with E-state index in [4.69, 9.17) is 5.73 Å². The molecule has 1 unspecified atom stereocenters. The molecule has 0 aliphatic carbocycles. The fourth-order valence-corrected chi connectivity index (χ4v) is 4.43. The molecule has 2 aromatic heterocycles. The SMILES string of the molecule is CN1C(=O)C(C2(N)N=C(c3c(O)n(C)c(=O)n(C)c3=O)c3nc4ccccc4nc32)C(=O)N(C)C1=O. The number of imide groups is 2. The number of barbiturate groups is 1. The number of rotatable bonds is 2. The molecule has 2 aliphatic rings. The summed E-state index contributed by atoms with van der Waals surface area (Å²) in [7, 11) is 4.87. The lowest BCUT2D eigenvalue weighted by molar-refractivity contribution is -0.151. The number of hydrogen-bond acceptors (Lipinski definition) is 10. The van der Waals surface area contributed by atoms with Gasteiger partial charge < -0.3 is 10.8 Å². The van der Waals surface area contributed by atoms with Crippen LogP contribution in [0.5, 0.6) is 5.88 Å². The van der Waals surface area contributed by atoms with E-state index >= 15 is 0 Å². The molecule has 3 N–H and O–H groups in total. The molecule has 5 rings (SSSR count). The number of amides is 4. The van der Waals surface area contributed by atoms with E-state index in [0.717, 1.165) is 18.9 Å². The van der Waals surface area contributed by atoms with Gasteiger partial charge in [-0.3, -0.25) is 38.3 Å². The summed E-state index contributed by atoms with van der Waals surface area (Å²) in [5.74, 6) is -4.28. The van der Waals surface area contributed by atoms with Crippen LogP contribution in [0.1, 0.15) is 17.0 Å². The Morgan fingerprint density at radius 1 is 0.889 bits per heavy atom. The van der Waals surface area contributed by atoms with Crippen molar-refractivity contribution in [3.05, 3.63) is 62.1 Å². The van der Waals surface area contributed by atoms with Crippen LogP contribution in [0.2, 0.25) is 0 Å². The van der Waals surface area contributed by atoms with Crippen LogP contribution in [0.15, 0.2) is 38.8 Å². The van der Waals surface area contributed by atoms with Gasteiger partial charge in [-0.15, -0.1) is 0 Å². The Hall–Kier alpha value is -4.72. The maximum Gasteiger partial charge on any atom is 0.333 e. The van der Waals surface area contributed by atoms with Gasteiger partial charge in [0.25, 0.3) is 5.56 Å². The molecule has 1 aromatic carbocycles. The zero-order chi connectivity index (χ0) is 26.3. The number of aromatic nitrogens is 4. The Morgan fingerprint density at radius 2 is 1.44 bits per heavy atom. The minimum absolute atomic E-state index is 0.0509. The van der Waals surface area contributed by atoms with Crippen LogP contribution in [-0.4, -0.2) is 71.7 Å². The van der Waals surface area contributed by atoms with Crippen molar-refractivity contribution in [2.75, 3.05) is 14.1 Å². The van der Waals surface area contributed by atoms with Crippen LogP contribution in [-0.2, 0) is 29.3 Å². The number of aromatic hydroxyl groups is 1. The summed E-state index contributed by atoms with van der Waals surface area (Å²) < 4.78 is 1.60. The molecule has 14 heteroatoms. The quantitative estimate of drug-likeness (QED) is 0.396. The third-order valence-corrected chi connectivity index (χ3v) is 6.51. The first-order chi connectivity index (χ1) is 16.9. The lowest BCUT2D eigenvalue weighted by Crippen LogP contribution is -2.64. The van der Waals surface area contributed by atoms with E-state index in [1.165, 1.54) is 28.2 Å². The molecule has 1 fully saturated rings. The van der Waals surface area contributed by atoms with E-state index in [-0.39, 0.29) is 17.1 Å². The average molecular weight is 492 g/mol. The third kappa shape index (κ3) is 2.81. The largest absolute Gasteiger partial charge is 0.494 e. The van der Waals surface area contributed by atoms with Crippen LogP contribution < -0.4 is 17.0 Å². The average Bonchev–Trinajstić information content (AvgIpc) is 3.14. The summed E-state index contributed by atoms with van der Waals surface area (Å²) >= 11 is 0. The van der Waals surface area contributed by atoms with Crippen LogP contribution in [0.4, 0.5) is 4.79 Å². The number of benzene rings is 1. The van der Waals surface area contributed by atoms with Gasteiger partial charge in [0, 0.05) is 28.2 Å². The van der Waals surface area contributed by atoms with Crippen LogP contribution in [0.25, 0.3) is 11.0 Å². The molecular formula is C22H20N8O6. The molecule has 14 nitrogen and oxygen atoms in total. The summed E-state index contributed by atoms with van der Waals surface area (Å²) in [4.78, 5) is 79.1. The summed E-state index contributed by atoms with van der Waals surface area (Å²) in [6.45, 7) is 0. The smallest absolute Gasteiger partial charge is 0.333 e. The monoisotopic (exact) mass is 492 g/mol. The fourth-order valence-electron chi connectivity index (χ4n) is 4.43. The third-order valence-electron chi connectivity index (χ3n) is 6.51. The van der Waals surface area contributed by atoms with E-state index in [1.807, 2.05) is 0 Å². The van der Waals surface area contributed by atoms with Gasteiger partial charge in [0.2, 0.25) is 17.7 Å². The molecule has 1 atom stereocenters. The predicted octanol–water partition coefficient (Wildman–Crippen LogP) is -1.64. The summed E-state index contributed by atoms with van der Waals surface area (Å²) in [6, 6.07) is 5.84. The highest BCUT2D eigenvalue weighted by molar-refractivity contribution is 6.20. The molecule has 1 saturated heterocycles. The first kappa shape index (κ1) is 23.0. The zero-order valence-electron chi connectivity index (χ0n) is 19.6. The fraction of sp³-hybridized carbons (Fsp3) is 0.273. The van der Waals surface area contributed by atoms with Crippen LogP contribution >= 0.6 is 0 Å². The number of para-hydroxylation sites is 2. The Bertz CT molecular complexity index is 1660. The lowest BCUT2D eigenvalue weighted by Gasteiger charge is -2.38. The molecule has 0 saturated carbocycles. The van der Waals surface area contributed by atoms with Gasteiger partial charge in [-0.1, -0.05) is 12.1 Å². The number of aliphatic imine (C=N–C) groups is 1. The van der Waals surface area contributed by atoms with Crippen molar-refractivity contribution in [1.29, 1.82) is 0 Å². The van der Waals surface area contributed by atoms with Gasteiger partial charge >= 0.3 is 11.7 Å². The summed E-state index contributed by atoms with van der Waals surface area (Å²) in [5.41, 5.74) is 2.74. The molecular weight excluding hydrogens is 472 g/mol. The highest BCUT2D eigenvalue weighted by Crippen LogP contribution is 2.41. The van der Waals surface area contributed by atoms with Crippen molar-refractivity contribution in [2.45, 2.75) is 5.66 Å². The maximum absolute atomic E-state index is 13.2. The Kier molecular flexibility index (Phi) is 4.73. The summed E-state index contributed by atoms with van der Waals surface area (Å²) in [5, 5.41) is 10.8. The first-order valence-electron chi connectivity index (χ1n) is 10.6. The van der Waals surface area contributed by atoms with Gasteiger partial charge in [-0.2, -0.15) is 0 Å². The number of urea groups is 1. The highest BCUT2D eigenvalue weighted by atomic mass is 16.3. The second-order valence-electron chi connectivity index (χ2n) is 8.61. The van der Waals surface area contributed by atoms with Crippen LogP contribution in [0.3, 0.4) is 0 Å². The number of nitrogens with zero attached hydrogens (tertiary/aromatic N) is 7. The molecule has 36 heavy (non-hydrogen) atoms. The molecule has 3 aromatic rings. The van der Waals surface area contributed by atoms with Crippen LogP contribution in [0, 0.1) is 5.92 Å². The van der Waals surface area contributed by atoms with Gasteiger partial charge in [0.15, 0.2) is 11.6 Å². The topological polar surface area (TPSA) is 186 Å².